The van der Waals surface area contributed by atoms with E-state index >= 15 is 0 Å². The van der Waals surface area contributed by atoms with Crippen LogP contribution in [0.4, 0.5) is 10.2 Å². The van der Waals surface area contributed by atoms with Crippen LogP contribution < -0.4 is 10.2 Å². The van der Waals surface area contributed by atoms with E-state index in [0.29, 0.717) is 6.54 Å². The van der Waals surface area contributed by atoms with Crippen molar-refractivity contribution in [2.75, 3.05) is 18.5 Å². The second-order valence-electron chi connectivity index (χ2n) is 5.05. The van der Waals surface area contributed by atoms with Crippen molar-refractivity contribution in [3.63, 3.8) is 0 Å². The number of nitrogens with one attached hydrogen (secondary N) is 1. The summed E-state index contributed by atoms with van der Waals surface area (Å²) in [6, 6.07) is 10.5. The van der Waals surface area contributed by atoms with Gasteiger partial charge in [0.1, 0.15) is 5.82 Å². The highest BCUT2D eigenvalue weighted by molar-refractivity contribution is 5.37. The number of rotatable bonds is 7. The normalized spacial score (nSPS) is 10.6. The number of nitrogens with zero attached hydrogens (tertiary/aromatic N) is 3. The molecule has 112 valence electrons. The summed E-state index contributed by atoms with van der Waals surface area (Å²) in [5.74, 6) is 0.558. The Morgan fingerprint density at radius 1 is 1.19 bits per heavy atom. The molecular weight excluding hydrogens is 267 g/mol. The quantitative estimate of drug-likeness (QED) is 0.795. The Balaban J connectivity index is 1.94. The summed E-state index contributed by atoms with van der Waals surface area (Å²) >= 11 is 0. The zero-order valence-corrected chi connectivity index (χ0v) is 12.5. The van der Waals surface area contributed by atoms with E-state index in [9.17, 15) is 4.39 Å². The third-order valence-electron chi connectivity index (χ3n) is 3.14. The van der Waals surface area contributed by atoms with Crippen LogP contribution in [0.1, 0.15) is 24.6 Å². The van der Waals surface area contributed by atoms with Gasteiger partial charge >= 0.3 is 0 Å². The van der Waals surface area contributed by atoms with Gasteiger partial charge in [0, 0.05) is 20.1 Å². The van der Waals surface area contributed by atoms with Gasteiger partial charge in [0.2, 0.25) is 0 Å². The molecule has 1 aromatic heterocycles. The lowest BCUT2D eigenvalue weighted by molar-refractivity contribution is 0.625. The Bertz CT molecular complexity index is 556. The molecule has 0 aliphatic heterocycles. The molecule has 21 heavy (non-hydrogen) atoms. The number of aromatic nitrogens is 2. The minimum atomic E-state index is -0.218. The van der Waals surface area contributed by atoms with Crippen LogP contribution >= 0.6 is 0 Å². The van der Waals surface area contributed by atoms with Gasteiger partial charge in [-0.05, 0) is 42.8 Å². The van der Waals surface area contributed by atoms with Crippen LogP contribution in [0, 0.1) is 5.82 Å². The first-order chi connectivity index (χ1) is 10.2. The molecule has 1 N–H and O–H groups in total. The lowest BCUT2D eigenvalue weighted by Crippen LogP contribution is -2.19. The summed E-state index contributed by atoms with van der Waals surface area (Å²) in [6.07, 6.45) is 1.10. The van der Waals surface area contributed by atoms with E-state index in [4.69, 9.17) is 0 Å². The molecule has 0 atom stereocenters. The van der Waals surface area contributed by atoms with Crippen molar-refractivity contribution in [2.24, 2.45) is 0 Å². The van der Waals surface area contributed by atoms with Crippen LogP contribution in [0.2, 0.25) is 0 Å². The maximum absolute atomic E-state index is 13.2. The second-order valence-corrected chi connectivity index (χ2v) is 5.05. The molecule has 0 aliphatic rings. The zero-order chi connectivity index (χ0) is 15.1. The molecule has 0 amide bonds. The number of halogens is 1. The third kappa shape index (κ3) is 4.79. The van der Waals surface area contributed by atoms with Crippen molar-refractivity contribution < 1.29 is 4.39 Å². The molecule has 1 aromatic carbocycles. The van der Waals surface area contributed by atoms with Crippen LogP contribution in [0.5, 0.6) is 0 Å². The van der Waals surface area contributed by atoms with Crippen molar-refractivity contribution in [1.29, 1.82) is 0 Å². The summed E-state index contributed by atoms with van der Waals surface area (Å²) < 4.78 is 13.2. The van der Waals surface area contributed by atoms with Gasteiger partial charge in [0.15, 0.2) is 5.82 Å². The molecule has 1 heterocycles. The molecule has 0 saturated heterocycles. The van der Waals surface area contributed by atoms with Crippen LogP contribution in [-0.4, -0.2) is 23.8 Å². The van der Waals surface area contributed by atoms with Gasteiger partial charge in [-0.3, -0.25) is 0 Å². The SMILES string of the molecule is CCCNCc1ccc(N(C)Cc2cccc(F)c2)nn1. The van der Waals surface area contributed by atoms with Crippen molar-refractivity contribution in [1.82, 2.24) is 15.5 Å². The average molecular weight is 288 g/mol. The fourth-order valence-electron chi connectivity index (χ4n) is 2.03. The van der Waals surface area contributed by atoms with E-state index in [0.717, 1.165) is 36.6 Å². The van der Waals surface area contributed by atoms with Gasteiger partial charge in [-0.25, -0.2) is 4.39 Å². The average Bonchev–Trinajstić information content (AvgIpc) is 2.48. The van der Waals surface area contributed by atoms with Crippen LogP contribution in [0.15, 0.2) is 36.4 Å². The first kappa shape index (κ1) is 15.4. The number of hydrogen-bond donors (Lipinski definition) is 1. The summed E-state index contributed by atoms with van der Waals surface area (Å²) in [7, 11) is 1.92. The van der Waals surface area contributed by atoms with Crippen molar-refractivity contribution >= 4 is 5.82 Å². The Hall–Kier alpha value is -2.01. The fraction of sp³-hybridized carbons (Fsp3) is 0.375. The Morgan fingerprint density at radius 3 is 2.71 bits per heavy atom. The summed E-state index contributed by atoms with van der Waals surface area (Å²) in [5.41, 5.74) is 1.83. The lowest BCUT2D eigenvalue weighted by atomic mass is 10.2. The molecule has 0 spiro atoms. The highest BCUT2D eigenvalue weighted by Crippen LogP contribution is 2.12. The Kier molecular flexibility index (Phi) is 5.63. The van der Waals surface area contributed by atoms with Gasteiger partial charge in [0.05, 0.1) is 5.69 Å². The minimum Gasteiger partial charge on any atom is -0.354 e. The third-order valence-corrected chi connectivity index (χ3v) is 3.14. The molecule has 0 aliphatic carbocycles. The number of anilines is 1. The van der Waals surface area contributed by atoms with Gasteiger partial charge in [-0.1, -0.05) is 19.1 Å². The molecule has 0 radical (unpaired) electrons. The van der Waals surface area contributed by atoms with Gasteiger partial charge < -0.3 is 10.2 Å². The van der Waals surface area contributed by atoms with Crippen molar-refractivity contribution in [3.05, 3.63) is 53.5 Å². The molecule has 0 bridgehead atoms. The van der Waals surface area contributed by atoms with E-state index in [1.54, 1.807) is 6.07 Å². The Morgan fingerprint density at radius 2 is 2.05 bits per heavy atom. The monoisotopic (exact) mass is 288 g/mol. The maximum atomic E-state index is 13.2. The van der Waals surface area contributed by atoms with Crippen LogP contribution in [-0.2, 0) is 13.1 Å². The van der Waals surface area contributed by atoms with E-state index in [1.165, 1.54) is 12.1 Å². The van der Waals surface area contributed by atoms with E-state index in [-0.39, 0.29) is 5.82 Å². The van der Waals surface area contributed by atoms with Crippen LogP contribution in [0.3, 0.4) is 0 Å². The van der Waals surface area contributed by atoms with Gasteiger partial charge in [-0.2, -0.15) is 5.10 Å². The molecule has 5 heteroatoms. The zero-order valence-electron chi connectivity index (χ0n) is 12.5. The molecule has 2 aromatic rings. The maximum Gasteiger partial charge on any atom is 0.151 e. The predicted molar refractivity (Wildman–Crippen MR) is 82.5 cm³/mol. The summed E-state index contributed by atoms with van der Waals surface area (Å²) in [5, 5.41) is 11.7. The van der Waals surface area contributed by atoms with E-state index in [2.05, 4.69) is 22.4 Å². The smallest absolute Gasteiger partial charge is 0.151 e. The lowest BCUT2D eigenvalue weighted by Gasteiger charge is -2.17. The second kappa shape index (κ2) is 7.69. The molecule has 0 unspecified atom stereocenters. The van der Waals surface area contributed by atoms with Gasteiger partial charge in [-0.15, -0.1) is 5.10 Å². The molecule has 2 rings (SSSR count). The molecular formula is C16H21FN4. The highest BCUT2D eigenvalue weighted by atomic mass is 19.1. The Labute approximate surface area is 125 Å². The largest absolute Gasteiger partial charge is 0.354 e. The molecule has 0 saturated carbocycles. The first-order valence-corrected chi connectivity index (χ1v) is 7.18. The van der Waals surface area contributed by atoms with Crippen LogP contribution in [0.25, 0.3) is 0 Å². The van der Waals surface area contributed by atoms with Crippen molar-refractivity contribution in [2.45, 2.75) is 26.4 Å². The minimum absolute atomic E-state index is 0.218. The van der Waals surface area contributed by atoms with E-state index in [1.807, 2.05) is 30.1 Å². The molecule has 4 nitrogen and oxygen atoms in total. The predicted octanol–water partition coefficient (Wildman–Crippen LogP) is 2.75. The number of benzene rings is 1. The first-order valence-electron chi connectivity index (χ1n) is 7.18. The topological polar surface area (TPSA) is 41.0 Å². The fourth-order valence-corrected chi connectivity index (χ4v) is 2.03. The highest BCUT2D eigenvalue weighted by Gasteiger charge is 2.05. The molecule has 0 fully saturated rings. The van der Waals surface area contributed by atoms with E-state index < -0.39 is 0 Å². The summed E-state index contributed by atoms with van der Waals surface area (Å²) in [4.78, 5) is 1.95. The number of hydrogen-bond acceptors (Lipinski definition) is 4. The van der Waals surface area contributed by atoms with Crippen molar-refractivity contribution in [3.8, 4) is 0 Å². The standard InChI is InChI=1S/C16H21FN4/c1-3-9-18-11-15-7-8-16(20-19-15)21(2)12-13-5-4-6-14(17)10-13/h4-8,10,18H,3,9,11-12H2,1-2H3. The van der Waals surface area contributed by atoms with Gasteiger partial charge in [0.25, 0.3) is 0 Å². The summed E-state index contributed by atoms with van der Waals surface area (Å²) in [6.45, 7) is 4.43.